The summed E-state index contributed by atoms with van der Waals surface area (Å²) in [5.41, 5.74) is 1.34. The third-order valence-electron chi connectivity index (χ3n) is 2.27. The molecule has 1 aliphatic heterocycles. The van der Waals surface area contributed by atoms with E-state index in [9.17, 15) is 13.2 Å². The first kappa shape index (κ1) is 13.0. The first-order chi connectivity index (χ1) is 6.97. The van der Waals surface area contributed by atoms with Crippen LogP contribution in [-0.2, 0) is 21.3 Å². The molecule has 1 heterocycles. The molecule has 0 aliphatic carbocycles. The van der Waals surface area contributed by atoms with Crippen LogP contribution in [0.25, 0.3) is 0 Å². The average molecular weight is 264 g/mol. The van der Waals surface area contributed by atoms with Gasteiger partial charge in [0.2, 0.25) is 5.91 Å². The van der Waals surface area contributed by atoms with E-state index in [2.05, 4.69) is 5.32 Å². The second kappa shape index (κ2) is 4.40. The summed E-state index contributed by atoms with van der Waals surface area (Å²) in [7, 11) is -4.21. The number of benzene rings is 1. The second-order valence-electron chi connectivity index (χ2n) is 3.34. The monoisotopic (exact) mass is 263 g/mol. The quantitative estimate of drug-likeness (QED) is 0.747. The molecule has 5 nitrogen and oxygen atoms in total. The van der Waals surface area contributed by atoms with E-state index in [1.54, 1.807) is 6.07 Å². The van der Waals surface area contributed by atoms with Crippen molar-refractivity contribution < 1.29 is 17.8 Å². The van der Waals surface area contributed by atoms with Gasteiger partial charge in [-0.25, -0.2) is 0 Å². The summed E-state index contributed by atoms with van der Waals surface area (Å²) in [4.78, 5) is 10.9. The lowest BCUT2D eigenvalue weighted by Gasteiger charge is -2.16. The lowest BCUT2D eigenvalue weighted by Crippen LogP contribution is -2.19. The topological polar surface area (TPSA) is 83.5 Å². The molecule has 88 valence electrons. The van der Waals surface area contributed by atoms with Gasteiger partial charge in [0.05, 0.1) is 4.90 Å². The summed E-state index contributed by atoms with van der Waals surface area (Å²) >= 11 is 0. The van der Waals surface area contributed by atoms with E-state index in [4.69, 9.17) is 4.55 Å². The van der Waals surface area contributed by atoms with Crippen LogP contribution in [0.4, 0.5) is 5.69 Å². The minimum atomic E-state index is -4.21. The van der Waals surface area contributed by atoms with Crippen molar-refractivity contribution in [3.05, 3.63) is 23.8 Å². The molecule has 1 amide bonds. The van der Waals surface area contributed by atoms with Crippen molar-refractivity contribution in [3.63, 3.8) is 0 Å². The molecule has 2 rings (SSSR count). The highest BCUT2D eigenvalue weighted by atomic mass is 35.5. The molecule has 7 heteroatoms. The molecule has 0 saturated heterocycles. The van der Waals surface area contributed by atoms with Gasteiger partial charge in [-0.3, -0.25) is 9.35 Å². The van der Waals surface area contributed by atoms with Gasteiger partial charge in [0, 0.05) is 12.1 Å². The van der Waals surface area contributed by atoms with Crippen LogP contribution in [0.3, 0.4) is 0 Å². The highest BCUT2D eigenvalue weighted by Crippen LogP contribution is 2.25. The Morgan fingerprint density at radius 3 is 2.56 bits per heavy atom. The van der Waals surface area contributed by atoms with Gasteiger partial charge in [-0.1, -0.05) is 6.07 Å². The number of fused-ring (bicyclic) bond motifs is 1. The van der Waals surface area contributed by atoms with Crippen molar-refractivity contribution in [2.75, 3.05) is 5.32 Å². The molecule has 0 atom stereocenters. The molecule has 0 fully saturated rings. The minimum absolute atomic E-state index is 0. The number of anilines is 1. The van der Waals surface area contributed by atoms with Crippen LogP contribution >= 0.6 is 12.4 Å². The van der Waals surface area contributed by atoms with E-state index in [1.165, 1.54) is 12.1 Å². The van der Waals surface area contributed by atoms with Crippen LogP contribution in [0.5, 0.6) is 0 Å². The molecule has 2 N–H and O–H groups in total. The Labute approximate surface area is 99.0 Å². The highest BCUT2D eigenvalue weighted by Gasteiger charge is 2.18. The fourth-order valence-corrected chi connectivity index (χ4v) is 2.02. The van der Waals surface area contributed by atoms with Crippen molar-refractivity contribution in [2.45, 2.75) is 17.7 Å². The van der Waals surface area contributed by atoms with Gasteiger partial charge in [-0.05, 0) is 24.1 Å². The van der Waals surface area contributed by atoms with E-state index in [0.29, 0.717) is 18.5 Å². The van der Waals surface area contributed by atoms with Gasteiger partial charge in [0.15, 0.2) is 0 Å². The largest absolute Gasteiger partial charge is 0.326 e. The zero-order valence-corrected chi connectivity index (χ0v) is 9.77. The summed E-state index contributed by atoms with van der Waals surface area (Å²) in [6, 6.07) is 4.19. The molecular formula is C9H10ClNO4S. The number of rotatable bonds is 1. The zero-order valence-electron chi connectivity index (χ0n) is 8.13. The Kier molecular flexibility index (Phi) is 3.57. The number of carbonyl (C=O) groups is 1. The minimum Gasteiger partial charge on any atom is -0.326 e. The van der Waals surface area contributed by atoms with Crippen LogP contribution in [0.2, 0.25) is 0 Å². The van der Waals surface area contributed by atoms with Crippen molar-refractivity contribution >= 4 is 34.1 Å². The number of hydrogen-bond acceptors (Lipinski definition) is 3. The maximum atomic E-state index is 11.1. The Bertz CT molecular complexity index is 526. The highest BCUT2D eigenvalue weighted by molar-refractivity contribution is 7.85. The van der Waals surface area contributed by atoms with Crippen molar-refractivity contribution in [1.82, 2.24) is 0 Å². The van der Waals surface area contributed by atoms with Crippen LogP contribution in [0, 0.1) is 0 Å². The van der Waals surface area contributed by atoms with Gasteiger partial charge in [-0.2, -0.15) is 8.42 Å². The van der Waals surface area contributed by atoms with E-state index in [1.807, 2.05) is 0 Å². The first-order valence-electron chi connectivity index (χ1n) is 4.37. The molecule has 0 saturated carbocycles. The maximum absolute atomic E-state index is 11.1. The Balaban J connectivity index is 0.00000128. The zero-order chi connectivity index (χ0) is 11.1. The lowest BCUT2D eigenvalue weighted by atomic mass is 10.0. The third kappa shape index (κ3) is 2.52. The molecule has 0 bridgehead atoms. The van der Waals surface area contributed by atoms with Crippen LogP contribution in [0.15, 0.2) is 23.1 Å². The number of aryl methyl sites for hydroxylation is 1. The van der Waals surface area contributed by atoms with Crippen LogP contribution in [-0.4, -0.2) is 18.9 Å². The van der Waals surface area contributed by atoms with Crippen molar-refractivity contribution in [2.24, 2.45) is 0 Å². The van der Waals surface area contributed by atoms with Crippen LogP contribution in [0.1, 0.15) is 12.0 Å². The average Bonchev–Trinajstić information content (AvgIpc) is 2.15. The predicted octanol–water partition coefficient (Wildman–Crippen LogP) is 1.24. The maximum Gasteiger partial charge on any atom is 0.294 e. The fourth-order valence-electron chi connectivity index (χ4n) is 1.51. The number of hydrogen-bond donors (Lipinski definition) is 2. The van der Waals surface area contributed by atoms with Gasteiger partial charge in [-0.15, -0.1) is 12.4 Å². The molecule has 1 aliphatic rings. The van der Waals surface area contributed by atoms with Crippen molar-refractivity contribution in [3.8, 4) is 0 Å². The molecule has 1 aromatic carbocycles. The molecule has 0 aromatic heterocycles. The molecule has 1 aromatic rings. The summed E-state index contributed by atoms with van der Waals surface area (Å²) in [6.07, 6.45) is 0.991. The number of halogens is 1. The van der Waals surface area contributed by atoms with Crippen LogP contribution < -0.4 is 5.32 Å². The number of carbonyl (C=O) groups excluding carboxylic acids is 1. The molecule has 0 radical (unpaired) electrons. The first-order valence-corrected chi connectivity index (χ1v) is 5.81. The van der Waals surface area contributed by atoms with Gasteiger partial charge in [0.25, 0.3) is 10.1 Å². The van der Waals surface area contributed by atoms with Gasteiger partial charge >= 0.3 is 0 Å². The Morgan fingerprint density at radius 1 is 1.25 bits per heavy atom. The number of nitrogens with one attached hydrogen (secondary N) is 1. The molecular weight excluding hydrogens is 254 g/mol. The smallest absolute Gasteiger partial charge is 0.294 e. The van der Waals surface area contributed by atoms with Gasteiger partial charge in [0.1, 0.15) is 0 Å². The summed E-state index contributed by atoms with van der Waals surface area (Å²) in [5, 5.41) is 2.56. The second-order valence-corrected chi connectivity index (χ2v) is 4.76. The van der Waals surface area contributed by atoms with E-state index < -0.39 is 10.1 Å². The van der Waals surface area contributed by atoms with Gasteiger partial charge < -0.3 is 5.32 Å². The molecule has 0 spiro atoms. The molecule has 16 heavy (non-hydrogen) atoms. The summed E-state index contributed by atoms with van der Waals surface area (Å²) < 4.78 is 30.5. The summed E-state index contributed by atoms with van der Waals surface area (Å²) in [6.45, 7) is 0. The standard InChI is InChI=1S/C9H9NO4S.ClH/c11-9-4-2-6-1-3-7(15(12,13)14)5-8(6)10-9;/h1,3,5H,2,4H2,(H,10,11)(H,12,13,14);1H. The summed E-state index contributed by atoms with van der Waals surface area (Å²) in [5.74, 6) is -0.144. The Morgan fingerprint density at radius 2 is 1.94 bits per heavy atom. The SMILES string of the molecule is Cl.O=C1CCc2ccc(S(=O)(=O)O)cc2N1. The molecule has 0 unspecified atom stereocenters. The third-order valence-corrected chi connectivity index (χ3v) is 3.12. The van der Waals surface area contributed by atoms with Crippen molar-refractivity contribution in [1.29, 1.82) is 0 Å². The number of amides is 1. The van der Waals surface area contributed by atoms with E-state index in [-0.39, 0.29) is 23.2 Å². The fraction of sp³-hybridized carbons (Fsp3) is 0.222. The normalized spacial score (nSPS) is 14.7. The van der Waals surface area contributed by atoms with E-state index in [0.717, 1.165) is 5.56 Å². The Hall–Kier alpha value is -1.11. The predicted molar refractivity (Wildman–Crippen MR) is 60.5 cm³/mol. The van der Waals surface area contributed by atoms with E-state index >= 15 is 0 Å². The lowest BCUT2D eigenvalue weighted by molar-refractivity contribution is -0.116.